The SMILES string of the molecule is Cc1nnc(SCC2=C(C(=O)O)N3C(=O)[C@@H](NC(=O)[C@@H](C)n4nc(C(F)(F)F)c(Cl)c4C4CC4)[C@H]3SC2)s1. The fourth-order valence-electron chi connectivity index (χ4n) is 4.29. The van der Waals surface area contributed by atoms with E-state index in [0.29, 0.717) is 34.3 Å². The van der Waals surface area contributed by atoms with Gasteiger partial charge < -0.3 is 10.4 Å². The molecular weight excluding hydrogens is 589 g/mol. The van der Waals surface area contributed by atoms with E-state index in [1.807, 2.05) is 6.92 Å². The van der Waals surface area contributed by atoms with Crippen LogP contribution in [0.3, 0.4) is 0 Å². The number of aryl methyl sites for hydroxylation is 1. The van der Waals surface area contributed by atoms with Crippen molar-refractivity contribution < 1.29 is 32.7 Å². The van der Waals surface area contributed by atoms with E-state index < -0.39 is 52.1 Å². The summed E-state index contributed by atoms with van der Waals surface area (Å²) < 4.78 is 41.9. The van der Waals surface area contributed by atoms with Gasteiger partial charge in [-0.15, -0.1) is 22.0 Å². The summed E-state index contributed by atoms with van der Waals surface area (Å²) in [6.45, 7) is 3.19. The molecule has 0 aromatic carbocycles. The summed E-state index contributed by atoms with van der Waals surface area (Å²) >= 11 is 10.0. The van der Waals surface area contributed by atoms with E-state index in [2.05, 4.69) is 20.6 Å². The molecule has 1 saturated carbocycles. The summed E-state index contributed by atoms with van der Waals surface area (Å²) in [6.07, 6.45) is -3.51. The summed E-state index contributed by atoms with van der Waals surface area (Å²) in [4.78, 5) is 39.2. The number of hydrogen-bond donors (Lipinski definition) is 2. The van der Waals surface area contributed by atoms with Crippen LogP contribution in [-0.4, -0.2) is 70.7 Å². The van der Waals surface area contributed by atoms with Crippen molar-refractivity contribution >= 4 is 64.2 Å². The number of fused-ring (bicyclic) bond motifs is 1. The third-order valence-electron chi connectivity index (χ3n) is 6.29. The number of rotatable bonds is 8. The second kappa shape index (κ2) is 10.0. The molecule has 17 heteroatoms. The van der Waals surface area contributed by atoms with E-state index in [1.165, 1.54) is 41.8 Å². The molecule has 2 N–H and O–H groups in total. The molecule has 2 aromatic heterocycles. The maximum absolute atomic E-state index is 13.4. The molecule has 10 nitrogen and oxygen atoms in total. The Morgan fingerprint density at radius 1 is 1.32 bits per heavy atom. The van der Waals surface area contributed by atoms with Gasteiger partial charge >= 0.3 is 12.1 Å². The van der Waals surface area contributed by atoms with Crippen LogP contribution in [-0.2, 0) is 20.6 Å². The van der Waals surface area contributed by atoms with Crippen LogP contribution in [0.5, 0.6) is 0 Å². The first-order valence-electron chi connectivity index (χ1n) is 11.4. The van der Waals surface area contributed by atoms with Crippen molar-refractivity contribution in [2.75, 3.05) is 11.5 Å². The second-order valence-corrected chi connectivity index (χ2v) is 12.9. The standard InChI is InChI=1S/C21H20ClF3N6O4S3/c1-7(31-13(9-3-4-9)11(22)15(29-31)21(23,24)25)16(32)26-12-17(33)30-14(19(34)35)10(5-36-18(12)30)6-37-20-28-27-8(2)38-20/h7,9,12,18H,3-6H2,1-2H3,(H,26,32)(H,34,35)/t7-,12-,18-/m1/s1. The van der Waals surface area contributed by atoms with Gasteiger partial charge in [0.2, 0.25) is 5.91 Å². The highest BCUT2D eigenvalue weighted by molar-refractivity contribution is 8.01. The largest absolute Gasteiger partial charge is 0.477 e. The normalized spacial score (nSPS) is 22.3. The van der Waals surface area contributed by atoms with Gasteiger partial charge in [-0.1, -0.05) is 34.7 Å². The molecule has 2 amide bonds. The van der Waals surface area contributed by atoms with Crippen molar-refractivity contribution in [1.29, 1.82) is 0 Å². The summed E-state index contributed by atoms with van der Waals surface area (Å²) in [5, 5.41) is 23.6. The lowest BCUT2D eigenvalue weighted by atomic mass is 10.0. The summed E-state index contributed by atoms with van der Waals surface area (Å²) in [5.74, 6) is -2.18. The monoisotopic (exact) mass is 608 g/mol. The predicted octanol–water partition coefficient (Wildman–Crippen LogP) is 3.68. The fraction of sp³-hybridized carbons (Fsp3) is 0.524. The Labute approximate surface area is 231 Å². The van der Waals surface area contributed by atoms with Gasteiger partial charge in [0.1, 0.15) is 28.2 Å². The van der Waals surface area contributed by atoms with Gasteiger partial charge in [-0.05, 0) is 32.3 Å². The highest BCUT2D eigenvalue weighted by Crippen LogP contribution is 2.48. The number of nitrogens with one attached hydrogen (secondary N) is 1. The Morgan fingerprint density at radius 2 is 2.03 bits per heavy atom. The minimum Gasteiger partial charge on any atom is -0.477 e. The number of amides is 2. The number of carbonyl (C=O) groups is 3. The third kappa shape index (κ3) is 4.91. The second-order valence-electron chi connectivity index (χ2n) is 8.97. The number of hydrogen-bond acceptors (Lipinski definition) is 9. The van der Waals surface area contributed by atoms with Crippen LogP contribution in [0, 0.1) is 6.92 Å². The Hall–Kier alpha value is -2.30. The number of nitrogens with zero attached hydrogens (tertiary/aromatic N) is 5. The van der Waals surface area contributed by atoms with Crippen molar-refractivity contribution in [3.8, 4) is 0 Å². The molecule has 0 spiro atoms. The number of halogens is 4. The van der Waals surface area contributed by atoms with Crippen LogP contribution >= 0.6 is 46.5 Å². The Balaban J connectivity index is 1.31. The van der Waals surface area contributed by atoms with Crippen LogP contribution < -0.4 is 5.32 Å². The van der Waals surface area contributed by atoms with Crippen LogP contribution in [0.1, 0.15) is 48.1 Å². The van der Waals surface area contributed by atoms with Gasteiger partial charge in [-0.25, -0.2) is 4.79 Å². The van der Waals surface area contributed by atoms with Gasteiger partial charge in [-0.3, -0.25) is 19.2 Å². The lowest BCUT2D eigenvalue weighted by molar-refractivity contribution is -0.151. The Bertz CT molecular complexity index is 1360. The summed E-state index contributed by atoms with van der Waals surface area (Å²) in [6, 6.07) is -2.20. The van der Waals surface area contributed by atoms with Gasteiger partial charge in [0, 0.05) is 17.4 Å². The summed E-state index contributed by atoms with van der Waals surface area (Å²) in [7, 11) is 0. The van der Waals surface area contributed by atoms with Crippen molar-refractivity contribution in [2.45, 2.75) is 60.6 Å². The van der Waals surface area contributed by atoms with Crippen molar-refractivity contribution in [3.05, 3.63) is 32.7 Å². The van der Waals surface area contributed by atoms with E-state index in [0.717, 1.165) is 14.6 Å². The fourth-order valence-corrected chi connectivity index (χ4v) is 7.98. The number of carboxylic acid groups (broad SMARTS) is 1. The average Bonchev–Trinajstić information content (AvgIpc) is 3.50. The minimum absolute atomic E-state index is 0.129. The number of carboxylic acids is 1. The van der Waals surface area contributed by atoms with Crippen LogP contribution in [0.2, 0.25) is 5.02 Å². The van der Waals surface area contributed by atoms with E-state index in [4.69, 9.17) is 11.6 Å². The molecule has 204 valence electrons. The molecule has 5 rings (SSSR count). The number of aromatic nitrogens is 4. The number of aliphatic carboxylic acids is 1. The van der Waals surface area contributed by atoms with Crippen LogP contribution in [0.15, 0.2) is 15.6 Å². The van der Waals surface area contributed by atoms with Crippen LogP contribution in [0.25, 0.3) is 0 Å². The number of thioether (sulfide) groups is 2. The molecule has 38 heavy (non-hydrogen) atoms. The maximum atomic E-state index is 13.4. The average molecular weight is 609 g/mol. The smallest absolute Gasteiger partial charge is 0.436 e. The van der Waals surface area contributed by atoms with Crippen molar-refractivity contribution in [1.82, 2.24) is 30.2 Å². The molecule has 4 heterocycles. The first kappa shape index (κ1) is 27.3. The summed E-state index contributed by atoms with van der Waals surface area (Å²) in [5.41, 5.74) is -0.683. The van der Waals surface area contributed by atoms with Gasteiger partial charge in [0.05, 0.1) is 10.7 Å². The lowest BCUT2D eigenvalue weighted by Gasteiger charge is -2.49. The molecular formula is C21H20ClF3N6O4S3. The predicted molar refractivity (Wildman–Crippen MR) is 134 cm³/mol. The zero-order valence-corrected chi connectivity index (χ0v) is 23.0. The molecule has 0 bridgehead atoms. The molecule has 1 aliphatic carbocycles. The van der Waals surface area contributed by atoms with Crippen molar-refractivity contribution in [3.63, 3.8) is 0 Å². The van der Waals surface area contributed by atoms with Gasteiger partial charge in [0.25, 0.3) is 5.91 Å². The van der Waals surface area contributed by atoms with E-state index in [1.54, 1.807) is 0 Å². The molecule has 2 fully saturated rings. The molecule has 0 unspecified atom stereocenters. The Morgan fingerprint density at radius 3 is 2.61 bits per heavy atom. The molecule has 3 atom stereocenters. The highest BCUT2D eigenvalue weighted by atomic mass is 35.5. The number of β-lactam (4-membered cyclic amide) rings is 1. The van der Waals surface area contributed by atoms with E-state index in [9.17, 15) is 32.7 Å². The van der Waals surface area contributed by atoms with Crippen LogP contribution in [0.4, 0.5) is 13.2 Å². The maximum Gasteiger partial charge on any atom is 0.436 e. The van der Waals surface area contributed by atoms with Gasteiger partial charge in [0.15, 0.2) is 10.0 Å². The molecule has 2 aromatic rings. The Kier molecular flexibility index (Phi) is 7.19. The first-order valence-corrected chi connectivity index (χ1v) is 14.6. The zero-order chi connectivity index (χ0) is 27.5. The quantitative estimate of drug-likeness (QED) is 0.340. The number of carbonyl (C=O) groups excluding carboxylic acids is 2. The van der Waals surface area contributed by atoms with Crippen molar-refractivity contribution in [2.24, 2.45) is 0 Å². The minimum atomic E-state index is -4.78. The third-order valence-corrected chi connectivity index (χ3v) is 10.1. The van der Waals surface area contributed by atoms with Gasteiger partial charge in [-0.2, -0.15) is 18.3 Å². The molecule has 1 saturated heterocycles. The van der Waals surface area contributed by atoms with E-state index >= 15 is 0 Å². The number of alkyl halides is 3. The first-order chi connectivity index (χ1) is 17.9. The molecule has 0 radical (unpaired) electrons. The molecule has 2 aliphatic heterocycles. The van der Waals surface area contributed by atoms with E-state index in [-0.39, 0.29) is 17.3 Å². The highest BCUT2D eigenvalue weighted by Gasteiger charge is 2.54. The topological polar surface area (TPSA) is 130 Å². The lowest BCUT2D eigenvalue weighted by Crippen LogP contribution is -2.71. The molecule has 3 aliphatic rings. The zero-order valence-electron chi connectivity index (χ0n) is 19.8.